The maximum absolute atomic E-state index is 13.2. The van der Waals surface area contributed by atoms with Crippen LogP contribution in [0.25, 0.3) is 11.6 Å². The Morgan fingerprint density at radius 1 is 1.03 bits per heavy atom. The van der Waals surface area contributed by atoms with Crippen molar-refractivity contribution in [3.63, 3.8) is 0 Å². The van der Waals surface area contributed by atoms with Gasteiger partial charge in [-0.1, -0.05) is 24.3 Å². The fraction of sp³-hybridized carbons (Fsp3) is 0.417. The topological polar surface area (TPSA) is 72.1 Å². The molecule has 1 fully saturated rings. The van der Waals surface area contributed by atoms with Gasteiger partial charge in [0.2, 0.25) is 11.8 Å². The molecule has 2 aromatic heterocycles. The highest BCUT2D eigenvalue weighted by molar-refractivity contribution is 5.79. The van der Waals surface area contributed by atoms with Crippen LogP contribution in [-0.2, 0) is 24.1 Å². The van der Waals surface area contributed by atoms with E-state index in [1.165, 1.54) is 24.0 Å². The molecule has 3 aromatic rings. The fourth-order valence-corrected chi connectivity index (χ4v) is 4.62. The molecule has 1 aliphatic carbocycles. The Hall–Kier alpha value is -3.02. The highest BCUT2D eigenvalue weighted by atomic mass is 16.4. The SMILES string of the molecule is O=C(Cc1ccc2c(c1)CCCC2)N1CCCC[C@@H]1c1nnc(-c2ccccn2)o1. The molecule has 3 heterocycles. The molecule has 0 radical (unpaired) electrons. The second kappa shape index (κ2) is 8.38. The van der Waals surface area contributed by atoms with Gasteiger partial charge in [0.1, 0.15) is 11.7 Å². The van der Waals surface area contributed by atoms with Crippen molar-refractivity contribution in [3.05, 3.63) is 65.2 Å². The molecule has 0 bridgehead atoms. The maximum atomic E-state index is 13.2. The minimum atomic E-state index is -0.158. The lowest BCUT2D eigenvalue weighted by Gasteiger charge is -2.33. The van der Waals surface area contributed by atoms with Gasteiger partial charge in [-0.05, 0) is 73.8 Å². The Kier molecular flexibility index (Phi) is 5.30. The normalized spacial score (nSPS) is 18.8. The standard InChI is InChI=1S/C24H26N4O2/c29-22(16-17-11-12-18-7-1-2-8-19(18)15-17)28-14-6-4-10-21(28)24-27-26-23(30-24)20-9-3-5-13-25-20/h3,5,9,11-13,15,21H,1-2,4,6-8,10,14,16H2/t21-/m1/s1. The van der Waals surface area contributed by atoms with E-state index in [9.17, 15) is 4.79 Å². The van der Waals surface area contributed by atoms with E-state index in [2.05, 4.69) is 33.4 Å². The predicted molar refractivity (Wildman–Crippen MR) is 113 cm³/mol. The third kappa shape index (κ3) is 3.86. The van der Waals surface area contributed by atoms with Gasteiger partial charge in [0.25, 0.3) is 5.89 Å². The van der Waals surface area contributed by atoms with Crippen LogP contribution in [0.5, 0.6) is 0 Å². The van der Waals surface area contributed by atoms with Crippen LogP contribution >= 0.6 is 0 Å². The van der Waals surface area contributed by atoms with E-state index >= 15 is 0 Å². The minimum absolute atomic E-state index is 0.132. The number of fused-ring (bicyclic) bond motifs is 1. The van der Waals surface area contributed by atoms with Gasteiger partial charge in [0.05, 0.1) is 6.42 Å². The van der Waals surface area contributed by atoms with Crippen molar-refractivity contribution in [3.8, 4) is 11.6 Å². The van der Waals surface area contributed by atoms with E-state index in [1.54, 1.807) is 6.20 Å². The summed E-state index contributed by atoms with van der Waals surface area (Å²) in [5.41, 5.74) is 4.61. The molecule has 2 aliphatic rings. The molecule has 6 heteroatoms. The maximum Gasteiger partial charge on any atom is 0.266 e. The summed E-state index contributed by atoms with van der Waals surface area (Å²) in [4.78, 5) is 19.4. The summed E-state index contributed by atoms with van der Waals surface area (Å²) >= 11 is 0. The molecule has 1 atom stereocenters. The zero-order chi connectivity index (χ0) is 20.3. The van der Waals surface area contributed by atoms with Gasteiger partial charge in [-0.2, -0.15) is 0 Å². The molecule has 5 rings (SSSR count). The van der Waals surface area contributed by atoms with E-state index in [0.29, 0.717) is 23.9 Å². The highest BCUT2D eigenvalue weighted by Gasteiger charge is 2.32. The van der Waals surface area contributed by atoms with Crippen molar-refractivity contribution >= 4 is 5.91 Å². The molecule has 6 nitrogen and oxygen atoms in total. The lowest BCUT2D eigenvalue weighted by atomic mass is 9.90. The van der Waals surface area contributed by atoms with E-state index < -0.39 is 0 Å². The summed E-state index contributed by atoms with van der Waals surface area (Å²) in [6.45, 7) is 0.732. The molecule has 0 unspecified atom stereocenters. The van der Waals surface area contributed by atoms with Gasteiger partial charge in [-0.3, -0.25) is 9.78 Å². The minimum Gasteiger partial charge on any atom is -0.417 e. The van der Waals surface area contributed by atoms with Crippen LogP contribution in [0, 0.1) is 0 Å². The number of nitrogens with zero attached hydrogens (tertiary/aromatic N) is 4. The highest BCUT2D eigenvalue weighted by Crippen LogP contribution is 2.32. The van der Waals surface area contributed by atoms with Gasteiger partial charge < -0.3 is 9.32 Å². The van der Waals surface area contributed by atoms with Gasteiger partial charge in [-0.25, -0.2) is 0 Å². The zero-order valence-electron chi connectivity index (χ0n) is 17.1. The Morgan fingerprint density at radius 2 is 1.93 bits per heavy atom. The summed E-state index contributed by atoms with van der Waals surface area (Å²) in [6.07, 6.45) is 9.83. The molecule has 1 saturated heterocycles. The van der Waals surface area contributed by atoms with Crippen LogP contribution in [0.3, 0.4) is 0 Å². The summed E-state index contributed by atoms with van der Waals surface area (Å²) in [5, 5.41) is 8.43. The van der Waals surface area contributed by atoms with E-state index in [4.69, 9.17) is 4.42 Å². The fourth-order valence-electron chi connectivity index (χ4n) is 4.62. The monoisotopic (exact) mass is 402 g/mol. The van der Waals surface area contributed by atoms with Crippen LogP contribution in [0.2, 0.25) is 0 Å². The smallest absolute Gasteiger partial charge is 0.266 e. The summed E-state index contributed by atoms with van der Waals surface area (Å²) in [6, 6.07) is 12.0. The summed E-state index contributed by atoms with van der Waals surface area (Å²) in [7, 11) is 0. The van der Waals surface area contributed by atoms with Gasteiger partial charge in [0, 0.05) is 12.7 Å². The van der Waals surface area contributed by atoms with Gasteiger partial charge >= 0.3 is 0 Å². The number of aryl methyl sites for hydroxylation is 2. The summed E-state index contributed by atoms with van der Waals surface area (Å²) < 4.78 is 5.94. The molecule has 1 aromatic carbocycles. The van der Waals surface area contributed by atoms with Crippen molar-refractivity contribution in [2.45, 2.75) is 57.4 Å². The van der Waals surface area contributed by atoms with Crippen LogP contribution in [0.4, 0.5) is 0 Å². The largest absolute Gasteiger partial charge is 0.417 e. The zero-order valence-corrected chi connectivity index (χ0v) is 17.1. The number of hydrogen-bond donors (Lipinski definition) is 0. The molecule has 1 amide bonds. The Balaban J connectivity index is 1.34. The molecule has 154 valence electrons. The molecule has 0 saturated carbocycles. The number of hydrogen-bond acceptors (Lipinski definition) is 5. The Morgan fingerprint density at radius 3 is 2.80 bits per heavy atom. The molecular formula is C24H26N4O2. The van der Waals surface area contributed by atoms with Crippen LogP contribution in [-0.4, -0.2) is 32.5 Å². The van der Waals surface area contributed by atoms with E-state index in [0.717, 1.165) is 44.2 Å². The molecule has 1 aliphatic heterocycles. The number of benzene rings is 1. The number of amides is 1. The predicted octanol–water partition coefficient (Wildman–Crippen LogP) is 4.31. The molecule has 0 N–H and O–H groups in total. The first-order valence-electron chi connectivity index (χ1n) is 10.9. The van der Waals surface area contributed by atoms with E-state index in [1.807, 2.05) is 23.1 Å². The number of carbonyl (C=O) groups is 1. The Labute approximate surface area is 176 Å². The van der Waals surface area contributed by atoms with E-state index in [-0.39, 0.29) is 11.9 Å². The lowest BCUT2D eigenvalue weighted by molar-refractivity contribution is -0.134. The second-order valence-electron chi connectivity index (χ2n) is 8.25. The van der Waals surface area contributed by atoms with Crippen molar-refractivity contribution < 1.29 is 9.21 Å². The first-order valence-corrected chi connectivity index (χ1v) is 10.9. The van der Waals surface area contributed by atoms with Crippen LogP contribution in [0.1, 0.15) is 60.7 Å². The number of pyridine rings is 1. The van der Waals surface area contributed by atoms with Crippen molar-refractivity contribution in [1.82, 2.24) is 20.1 Å². The average molecular weight is 402 g/mol. The van der Waals surface area contributed by atoms with Crippen LogP contribution < -0.4 is 0 Å². The molecule has 0 spiro atoms. The number of rotatable bonds is 4. The number of carbonyl (C=O) groups excluding carboxylic acids is 1. The quantitative estimate of drug-likeness (QED) is 0.650. The van der Waals surface area contributed by atoms with Crippen molar-refractivity contribution in [1.29, 1.82) is 0 Å². The van der Waals surface area contributed by atoms with Crippen LogP contribution in [0.15, 0.2) is 47.0 Å². The van der Waals surface area contributed by atoms with Crippen molar-refractivity contribution in [2.24, 2.45) is 0 Å². The molecular weight excluding hydrogens is 376 g/mol. The lowest BCUT2D eigenvalue weighted by Crippen LogP contribution is -2.39. The van der Waals surface area contributed by atoms with Gasteiger partial charge in [-0.15, -0.1) is 10.2 Å². The van der Waals surface area contributed by atoms with Gasteiger partial charge in [0.15, 0.2) is 0 Å². The summed E-state index contributed by atoms with van der Waals surface area (Å²) in [5.74, 6) is 1.04. The Bertz CT molecular complexity index is 1030. The molecule has 30 heavy (non-hydrogen) atoms. The second-order valence-corrected chi connectivity index (χ2v) is 8.25. The third-order valence-corrected chi connectivity index (χ3v) is 6.20. The first kappa shape index (κ1) is 19.0. The first-order chi connectivity index (χ1) is 14.8. The number of piperidine rings is 1. The number of aromatic nitrogens is 3. The van der Waals surface area contributed by atoms with Crippen molar-refractivity contribution in [2.75, 3.05) is 6.54 Å². The third-order valence-electron chi connectivity index (χ3n) is 6.20. The average Bonchev–Trinajstić information content (AvgIpc) is 3.30. The number of likely N-dealkylation sites (tertiary alicyclic amines) is 1.